The highest BCUT2D eigenvalue weighted by Gasteiger charge is 2.39. The van der Waals surface area contributed by atoms with Crippen LogP contribution in [0.2, 0.25) is 0 Å². The van der Waals surface area contributed by atoms with Crippen molar-refractivity contribution in [1.29, 1.82) is 5.26 Å². The summed E-state index contributed by atoms with van der Waals surface area (Å²) in [6, 6.07) is 13.8. The molecule has 23 heavy (non-hydrogen) atoms. The summed E-state index contributed by atoms with van der Waals surface area (Å²) >= 11 is 0. The Bertz CT molecular complexity index is 774. The van der Waals surface area contributed by atoms with Gasteiger partial charge in [-0.05, 0) is 24.3 Å². The molecular weight excluding hydrogens is 290 g/mol. The Kier molecular flexibility index (Phi) is 3.40. The Morgan fingerprint density at radius 3 is 2.96 bits per heavy atom. The number of nitriles is 1. The zero-order valence-corrected chi connectivity index (χ0v) is 12.7. The lowest BCUT2D eigenvalue weighted by atomic mass is 10.1. The molecule has 1 amide bonds. The minimum atomic E-state index is 0.174. The third kappa shape index (κ3) is 2.62. The van der Waals surface area contributed by atoms with E-state index in [-0.39, 0.29) is 11.9 Å². The molecule has 3 heterocycles. The highest BCUT2D eigenvalue weighted by atomic mass is 16.3. The normalized spacial score (nSPS) is 23.5. The van der Waals surface area contributed by atoms with Crippen molar-refractivity contribution in [3.05, 3.63) is 47.7 Å². The first-order chi connectivity index (χ1) is 11.2. The van der Waals surface area contributed by atoms with Gasteiger partial charge in [0.25, 0.3) is 0 Å². The van der Waals surface area contributed by atoms with Crippen molar-refractivity contribution in [3.8, 4) is 17.4 Å². The van der Waals surface area contributed by atoms with E-state index in [0.717, 1.165) is 36.7 Å². The number of hydrogen-bond donors (Lipinski definition) is 1. The van der Waals surface area contributed by atoms with Gasteiger partial charge in [-0.2, -0.15) is 5.26 Å². The molecule has 0 bridgehead atoms. The Hall–Kier alpha value is -2.58. The van der Waals surface area contributed by atoms with Gasteiger partial charge in [-0.1, -0.05) is 12.1 Å². The van der Waals surface area contributed by atoms with Crippen molar-refractivity contribution in [2.45, 2.75) is 19.0 Å². The van der Waals surface area contributed by atoms with Crippen LogP contribution in [0.3, 0.4) is 0 Å². The molecule has 2 aliphatic heterocycles. The van der Waals surface area contributed by atoms with E-state index < -0.39 is 0 Å². The van der Waals surface area contributed by atoms with Gasteiger partial charge in [-0.15, -0.1) is 0 Å². The molecule has 2 saturated heterocycles. The standard InChI is InChI=1S/C18H17N3O2/c19-8-12-3-1-2-4-15(12)17-6-5-14(23-17)10-21-9-13-7-18(22)20-16(13)11-21/h1-6,13,16H,7,9-11H2,(H,20,22)/t13-,16+/m0/s1. The Balaban J connectivity index is 1.47. The number of amides is 1. The molecule has 0 unspecified atom stereocenters. The van der Waals surface area contributed by atoms with Crippen LogP contribution in [0, 0.1) is 17.2 Å². The van der Waals surface area contributed by atoms with E-state index in [2.05, 4.69) is 16.3 Å². The zero-order valence-electron chi connectivity index (χ0n) is 12.7. The number of nitrogens with one attached hydrogen (secondary N) is 1. The van der Waals surface area contributed by atoms with E-state index >= 15 is 0 Å². The fourth-order valence-electron chi connectivity index (χ4n) is 3.59. The molecule has 5 nitrogen and oxygen atoms in total. The third-order valence-corrected chi connectivity index (χ3v) is 4.66. The van der Waals surface area contributed by atoms with Crippen molar-refractivity contribution in [3.63, 3.8) is 0 Å². The van der Waals surface area contributed by atoms with Crippen LogP contribution < -0.4 is 5.32 Å². The minimum absolute atomic E-state index is 0.174. The van der Waals surface area contributed by atoms with E-state index in [1.165, 1.54) is 0 Å². The molecule has 1 N–H and O–H groups in total. The summed E-state index contributed by atoms with van der Waals surface area (Å²) in [7, 11) is 0. The van der Waals surface area contributed by atoms with E-state index in [1.54, 1.807) is 6.07 Å². The monoisotopic (exact) mass is 307 g/mol. The molecule has 2 fully saturated rings. The van der Waals surface area contributed by atoms with Crippen molar-refractivity contribution < 1.29 is 9.21 Å². The molecule has 5 heteroatoms. The van der Waals surface area contributed by atoms with Crippen LogP contribution in [-0.2, 0) is 11.3 Å². The fraction of sp³-hybridized carbons (Fsp3) is 0.333. The topological polar surface area (TPSA) is 69.3 Å². The minimum Gasteiger partial charge on any atom is -0.460 e. The second-order valence-corrected chi connectivity index (χ2v) is 6.26. The van der Waals surface area contributed by atoms with Crippen LogP contribution in [0.4, 0.5) is 0 Å². The molecule has 2 atom stereocenters. The van der Waals surface area contributed by atoms with E-state index in [9.17, 15) is 10.1 Å². The predicted molar refractivity (Wildman–Crippen MR) is 84.2 cm³/mol. The number of carbonyl (C=O) groups is 1. The summed E-state index contributed by atoms with van der Waals surface area (Å²) in [6.45, 7) is 2.53. The number of likely N-dealkylation sites (tertiary alicyclic amines) is 1. The predicted octanol–water partition coefficient (Wildman–Crippen LogP) is 2.14. The number of furan rings is 1. The molecule has 0 spiro atoms. The zero-order chi connectivity index (χ0) is 15.8. The average molecular weight is 307 g/mol. The van der Waals surface area contributed by atoms with Gasteiger partial charge in [0.2, 0.25) is 5.91 Å². The summed E-state index contributed by atoms with van der Waals surface area (Å²) in [5.41, 5.74) is 1.44. The number of fused-ring (bicyclic) bond motifs is 1. The van der Waals surface area contributed by atoms with Gasteiger partial charge in [-0.3, -0.25) is 9.69 Å². The Morgan fingerprint density at radius 2 is 2.13 bits per heavy atom. The maximum atomic E-state index is 11.4. The molecule has 4 rings (SSSR count). The Morgan fingerprint density at radius 1 is 1.26 bits per heavy atom. The van der Waals surface area contributed by atoms with Crippen LogP contribution in [0.15, 0.2) is 40.8 Å². The smallest absolute Gasteiger partial charge is 0.220 e. The van der Waals surface area contributed by atoms with Crippen LogP contribution in [0.25, 0.3) is 11.3 Å². The quantitative estimate of drug-likeness (QED) is 0.943. The Labute approximate surface area is 134 Å². The third-order valence-electron chi connectivity index (χ3n) is 4.66. The molecule has 0 radical (unpaired) electrons. The lowest BCUT2D eigenvalue weighted by Gasteiger charge is -2.14. The molecule has 1 aromatic carbocycles. The van der Waals surface area contributed by atoms with Crippen LogP contribution in [0.5, 0.6) is 0 Å². The number of benzene rings is 1. The van der Waals surface area contributed by atoms with Gasteiger partial charge in [0.1, 0.15) is 11.5 Å². The van der Waals surface area contributed by atoms with Crippen molar-refractivity contribution >= 4 is 5.91 Å². The number of nitrogens with zero attached hydrogens (tertiary/aromatic N) is 2. The molecular formula is C18H17N3O2. The molecule has 0 saturated carbocycles. The highest BCUT2D eigenvalue weighted by molar-refractivity contribution is 5.79. The maximum absolute atomic E-state index is 11.4. The first kappa shape index (κ1) is 14.0. The lowest BCUT2D eigenvalue weighted by Crippen LogP contribution is -2.32. The summed E-state index contributed by atoms with van der Waals surface area (Å²) in [5.74, 6) is 2.22. The number of carbonyl (C=O) groups excluding carboxylic acids is 1. The van der Waals surface area contributed by atoms with Gasteiger partial charge >= 0.3 is 0 Å². The molecule has 2 aliphatic rings. The van der Waals surface area contributed by atoms with Crippen molar-refractivity contribution in [2.24, 2.45) is 5.92 Å². The molecule has 0 aliphatic carbocycles. The van der Waals surface area contributed by atoms with Gasteiger partial charge in [0, 0.05) is 37.0 Å². The van der Waals surface area contributed by atoms with Gasteiger partial charge in [0.05, 0.1) is 18.2 Å². The summed E-state index contributed by atoms with van der Waals surface area (Å²) in [4.78, 5) is 13.7. The first-order valence-corrected chi connectivity index (χ1v) is 7.83. The second kappa shape index (κ2) is 5.56. The molecule has 116 valence electrons. The number of hydrogen-bond acceptors (Lipinski definition) is 4. The maximum Gasteiger partial charge on any atom is 0.220 e. The average Bonchev–Trinajstić information content (AvgIpc) is 3.22. The van der Waals surface area contributed by atoms with E-state index in [4.69, 9.17) is 4.42 Å². The summed E-state index contributed by atoms with van der Waals surface area (Å²) in [6.07, 6.45) is 0.639. The summed E-state index contributed by atoms with van der Waals surface area (Å²) in [5, 5.41) is 12.2. The highest BCUT2D eigenvalue weighted by Crippen LogP contribution is 2.29. The van der Waals surface area contributed by atoms with Gasteiger partial charge in [0.15, 0.2) is 0 Å². The van der Waals surface area contributed by atoms with E-state index in [1.807, 2.05) is 30.3 Å². The number of rotatable bonds is 3. The van der Waals surface area contributed by atoms with E-state index in [0.29, 0.717) is 17.9 Å². The van der Waals surface area contributed by atoms with Crippen LogP contribution in [-0.4, -0.2) is 29.9 Å². The van der Waals surface area contributed by atoms with Gasteiger partial charge < -0.3 is 9.73 Å². The SMILES string of the molecule is N#Cc1ccccc1-c1ccc(CN2C[C@@H]3CC(=O)N[C@@H]3C2)o1. The second-order valence-electron chi connectivity index (χ2n) is 6.26. The summed E-state index contributed by atoms with van der Waals surface area (Å²) < 4.78 is 5.94. The van der Waals surface area contributed by atoms with Gasteiger partial charge in [-0.25, -0.2) is 0 Å². The molecule has 1 aromatic heterocycles. The van der Waals surface area contributed by atoms with Crippen LogP contribution >= 0.6 is 0 Å². The van der Waals surface area contributed by atoms with Crippen LogP contribution in [0.1, 0.15) is 17.7 Å². The fourth-order valence-corrected chi connectivity index (χ4v) is 3.59. The largest absolute Gasteiger partial charge is 0.460 e. The molecule has 2 aromatic rings. The first-order valence-electron chi connectivity index (χ1n) is 7.83. The lowest BCUT2D eigenvalue weighted by molar-refractivity contribution is -0.119. The van der Waals surface area contributed by atoms with Crippen molar-refractivity contribution in [2.75, 3.05) is 13.1 Å². The van der Waals surface area contributed by atoms with Crippen molar-refractivity contribution in [1.82, 2.24) is 10.2 Å².